The summed E-state index contributed by atoms with van der Waals surface area (Å²) in [5.41, 5.74) is 0.678. The monoisotopic (exact) mass is 322 g/mol. The van der Waals surface area contributed by atoms with E-state index in [2.05, 4.69) is 9.80 Å². The van der Waals surface area contributed by atoms with Crippen LogP contribution in [0.5, 0.6) is 0 Å². The zero-order chi connectivity index (χ0) is 16.1. The molecular weight excluding hydrogens is 295 g/mol. The SMILES string of the molecule is O[C@@H](COC1CCCC1)CN1CCN(c2ccccc2F)CC1. The fourth-order valence-electron chi connectivity index (χ4n) is 3.53. The second-order valence-electron chi connectivity index (χ2n) is 6.63. The summed E-state index contributed by atoms with van der Waals surface area (Å²) >= 11 is 0. The Morgan fingerprint density at radius 3 is 2.52 bits per heavy atom. The maximum absolute atomic E-state index is 13.8. The number of benzene rings is 1. The molecular formula is C18H27FN2O2. The van der Waals surface area contributed by atoms with Gasteiger partial charge in [0.2, 0.25) is 0 Å². The maximum Gasteiger partial charge on any atom is 0.146 e. The van der Waals surface area contributed by atoms with E-state index in [4.69, 9.17) is 4.74 Å². The van der Waals surface area contributed by atoms with Crippen LogP contribution in [-0.4, -0.2) is 61.5 Å². The number of nitrogens with zero attached hydrogens (tertiary/aromatic N) is 2. The maximum atomic E-state index is 13.8. The molecule has 1 aliphatic heterocycles. The van der Waals surface area contributed by atoms with Gasteiger partial charge in [-0.1, -0.05) is 25.0 Å². The number of piperazine rings is 1. The van der Waals surface area contributed by atoms with Gasteiger partial charge in [-0.25, -0.2) is 4.39 Å². The molecule has 1 N–H and O–H groups in total. The number of hydrogen-bond donors (Lipinski definition) is 1. The zero-order valence-electron chi connectivity index (χ0n) is 13.7. The summed E-state index contributed by atoms with van der Waals surface area (Å²) in [4.78, 5) is 4.31. The van der Waals surface area contributed by atoms with E-state index in [1.807, 2.05) is 12.1 Å². The van der Waals surface area contributed by atoms with Crippen LogP contribution in [0.3, 0.4) is 0 Å². The summed E-state index contributed by atoms with van der Waals surface area (Å²) in [5.74, 6) is -0.161. The number of ether oxygens (including phenoxy) is 1. The Morgan fingerprint density at radius 2 is 1.83 bits per heavy atom. The molecule has 128 valence electrons. The molecule has 1 aromatic rings. The molecule has 5 heteroatoms. The summed E-state index contributed by atoms with van der Waals surface area (Å²) in [6.45, 7) is 4.33. The second-order valence-corrected chi connectivity index (χ2v) is 6.63. The lowest BCUT2D eigenvalue weighted by molar-refractivity contribution is -0.0188. The highest BCUT2D eigenvalue weighted by Crippen LogP contribution is 2.22. The molecule has 1 saturated heterocycles. The van der Waals surface area contributed by atoms with Crippen LogP contribution in [0.4, 0.5) is 10.1 Å². The first kappa shape index (κ1) is 16.7. The molecule has 0 spiro atoms. The minimum absolute atomic E-state index is 0.161. The van der Waals surface area contributed by atoms with Crippen LogP contribution >= 0.6 is 0 Å². The molecule has 1 heterocycles. The van der Waals surface area contributed by atoms with Crippen LogP contribution in [0.15, 0.2) is 24.3 Å². The first-order chi connectivity index (χ1) is 11.2. The predicted octanol–water partition coefficient (Wildman–Crippen LogP) is 2.27. The molecule has 4 nitrogen and oxygen atoms in total. The highest BCUT2D eigenvalue weighted by molar-refractivity contribution is 5.47. The van der Waals surface area contributed by atoms with Gasteiger partial charge in [0.25, 0.3) is 0 Å². The first-order valence-electron chi connectivity index (χ1n) is 8.74. The topological polar surface area (TPSA) is 35.9 Å². The van der Waals surface area contributed by atoms with Gasteiger partial charge in [-0.2, -0.15) is 0 Å². The number of β-amino-alcohol motifs (C(OH)–C–C–N with tert-alkyl or cyclic N) is 1. The zero-order valence-corrected chi connectivity index (χ0v) is 13.7. The Hall–Kier alpha value is -1.17. The van der Waals surface area contributed by atoms with E-state index in [9.17, 15) is 9.50 Å². The van der Waals surface area contributed by atoms with Crippen LogP contribution in [0, 0.1) is 5.82 Å². The summed E-state index contributed by atoms with van der Waals surface area (Å²) in [6.07, 6.45) is 4.68. The minimum atomic E-state index is -0.435. The first-order valence-corrected chi connectivity index (χ1v) is 8.74. The molecule has 23 heavy (non-hydrogen) atoms. The third kappa shape index (κ3) is 4.66. The van der Waals surface area contributed by atoms with Crippen molar-refractivity contribution in [2.24, 2.45) is 0 Å². The normalized spacial score (nSPS) is 21.7. The Bertz CT molecular complexity index is 486. The average Bonchev–Trinajstić information content (AvgIpc) is 3.08. The van der Waals surface area contributed by atoms with Gasteiger partial charge in [0, 0.05) is 32.7 Å². The van der Waals surface area contributed by atoms with Crippen molar-refractivity contribution in [1.82, 2.24) is 4.90 Å². The van der Waals surface area contributed by atoms with Gasteiger partial charge in [-0.3, -0.25) is 4.90 Å². The molecule has 0 bridgehead atoms. The van der Waals surface area contributed by atoms with Gasteiger partial charge in [0.15, 0.2) is 0 Å². The highest BCUT2D eigenvalue weighted by Gasteiger charge is 2.22. The summed E-state index contributed by atoms with van der Waals surface area (Å²) in [7, 11) is 0. The Morgan fingerprint density at radius 1 is 1.13 bits per heavy atom. The Kier molecular flexibility index (Phi) is 5.86. The van der Waals surface area contributed by atoms with Crippen molar-refractivity contribution < 1.29 is 14.2 Å². The van der Waals surface area contributed by atoms with Crippen molar-refractivity contribution in [3.8, 4) is 0 Å². The minimum Gasteiger partial charge on any atom is -0.389 e. The molecule has 1 aliphatic carbocycles. The van der Waals surface area contributed by atoms with E-state index >= 15 is 0 Å². The van der Waals surface area contributed by atoms with Gasteiger partial charge >= 0.3 is 0 Å². The van der Waals surface area contributed by atoms with Gasteiger partial charge in [-0.05, 0) is 25.0 Å². The van der Waals surface area contributed by atoms with E-state index < -0.39 is 6.10 Å². The van der Waals surface area contributed by atoms with E-state index in [1.54, 1.807) is 6.07 Å². The molecule has 3 rings (SSSR count). The quantitative estimate of drug-likeness (QED) is 0.871. The lowest BCUT2D eigenvalue weighted by atomic mass is 10.2. The summed E-state index contributed by atoms with van der Waals surface area (Å²) in [6, 6.07) is 6.92. The molecule has 1 aromatic carbocycles. The number of aliphatic hydroxyl groups excluding tert-OH is 1. The fourth-order valence-corrected chi connectivity index (χ4v) is 3.53. The number of anilines is 1. The molecule has 0 radical (unpaired) electrons. The van der Waals surface area contributed by atoms with Crippen molar-refractivity contribution in [2.45, 2.75) is 37.9 Å². The van der Waals surface area contributed by atoms with Gasteiger partial charge < -0.3 is 14.7 Å². The van der Waals surface area contributed by atoms with Gasteiger partial charge in [0.1, 0.15) is 5.82 Å². The summed E-state index contributed by atoms with van der Waals surface area (Å²) < 4.78 is 19.6. The van der Waals surface area contributed by atoms with Crippen LogP contribution in [-0.2, 0) is 4.74 Å². The van der Waals surface area contributed by atoms with E-state index in [1.165, 1.54) is 18.9 Å². The van der Waals surface area contributed by atoms with Crippen LogP contribution in [0.1, 0.15) is 25.7 Å². The number of para-hydroxylation sites is 1. The molecule has 2 aliphatic rings. The highest BCUT2D eigenvalue weighted by atomic mass is 19.1. The van der Waals surface area contributed by atoms with Crippen molar-refractivity contribution in [2.75, 3.05) is 44.2 Å². The fraction of sp³-hybridized carbons (Fsp3) is 0.667. The smallest absolute Gasteiger partial charge is 0.146 e. The van der Waals surface area contributed by atoms with Crippen molar-refractivity contribution >= 4 is 5.69 Å². The third-order valence-electron chi connectivity index (χ3n) is 4.86. The van der Waals surface area contributed by atoms with E-state index in [0.717, 1.165) is 39.0 Å². The van der Waals surface area contributed by atoms with E-state index in [0.29, 0.717) is 24.9 Å². The average molecular weight is 322 g/mol. The van der Waals surface area contributed by atoms with Crippen molar-refractivity contribution in [3.05, 3.63) is 30.1 Å². The Balaban J connectivity index is 1.39. The van der Waals surface area contributed by atoms with Crippen LogP contribution < -0.4 is 4.90 Å². The number of rotatable bonds is 6. The van der Waals surface area contributed by atoms with Crippen LogP contribution in [0.25, 0.3) is 0 Å². The van der Waals surface area contributed by atoms with Gasteiger partial charge in [0.05, 0.1) is 24.5 Å². The number of halogens is 1. The third-order valence-corrected chi connectivity index (χ3v) is 4.86. The molecule has 0 aromatic heterocycles. The Labute approximate surface area is 137 Å². The number of hydrogen-bond acceptors (Lipinski definition) is 4. The molecule has 0 unspecified atom stereocenters. The van der Waals surface area contributed by atoms with E-state index in [-0.39, 0.29) is 5.82 Å². The van der Waals surface area contributed by atoms with Crippen molar-refractivity contribution in [1.29, 1.82) is 0 Å². The predicted molar refractivity (Wildman–Crippen MR) is 89.3 cm³/mol. The van der Waals surface area contributed by atoms with Crippen molar-refractivity contribution in [3.63, 3.8) is 0 Å². The van der Waals surface area contributed by atoms with Crippen LogP contribution in [0.2, 0.25) is 0 Å². The largest absolute Gasteiger partial charge is 0.389 e. The molecule has 1 saturated carbocycles. The standard InChI is InChI=1S/C18H27FN2O2/c19-17-7-3-4-8-18(17)21-11-9-20(10-12-21)13-15(22)14-23-16-5-1-2-6-16/h3-4,7-8,15-16,22H,1-2,5-6,9-14H2/t15-/m1/s1. The molecule has 0 amide bonds. The second kappa shape index (κ2) is 8.08. The van der Waals surface area contributed by atoms with Gasteiger partial charge in [-0.15, -0.1) is 0 Å². The lowest BCUT2D eigenvalue weighted by Crippen LogP contribution is -2.49. The molecule has 1 atom stereocenters. The summed E-state index contributed by atoms with van der Waals surface area (Å²) in [5, 5.41) is 10.1. The molecule has 2 fully saturated rings. The number of aliphatic hydroxyl groups is 1. The lowest BCUT2D eigenvalue weighted by Gasteiger charge is -2.37.